The highest BCUT2D eigenvalue weighted by molar-refractivity contribution is 6.30. The minimum atomic E-state index is -0.820. The van der Waals surface area contributed by atoms with E-state index in [0.717, 1.165) is 5.56 Å². The predicted octanol–water partition coefficient (Wildman–Crippen LogP) is 2.96. The molecule has 0 amide bonds. The number of hydrogen-bond donors (Lipinski definition) is 0. The summed E-state index contributed by atoms with van der Waals surface area (Å²) in [6, 6.07) is 7.06. The van der Waals surface area contributed by atoms with Crippen LogP contribution in [0.3, 0.4) is 0 Å². The second-order valence-corrected chi connectivity index (χ2v) is 3.84. The summed E-state index contributed by atoms with van der Waals surface area (Å²) in [5, 5.41) is 0.634. The lowest BCUT2D eigenvalue weighted by Gasteiger charge is -2.22. The Hall–Kier alpha value is -1.28. The first-order valence-corrected chi connectivity index (χ1v) is 4.90. The molecule has 0 radical (unpaired) electrons. The van der Waals surface area contributed by atoms with Crippen LogP contribution in [-0.2, 0) is 14.9 Å². The Morgan fingerprint density at radius 1 is 1.47 bits per heavy atom. The summed E-state index contributed by atoms with van der Waals surface area (Å²) in [7, 11) is 1.36. The predicted molar refractivity (Wildman–Crippen MR) is 61.0 cm³/mol. The molecule has 1 aromatic carbocycles. The van der Waals surface area contributed by atoms with Crippen LogP contribution >= 0.6 is 11.6 Å². The van der Waals surface area contributed by atoms with Gasteiger partial charge in [-0.25, -0.2) is 0 Å². The third-order valence-corrected chi connectivity index (χ3v) is 2.71. The maximum atomic E-state index is 11.6. The topological polar surface area (TPSA) is 26.3 Å². The highest BCUT2D eigenvalue weighted by Gasteiger charge is 2.32. The van der Waals surface area contributed by atoms with E-state index in [2.05, 4.69) is 6.58 Å². The molecule has 0 saturated carbocycles. The SMILES string of the molecule is C=C[C@](C)(C(=O)OC)c1ccc(Cl)cc1. The Morgan fingerprint density at radius 2 is 2.00 bits per heavy atom. The molecule has 0 heterocycles. The summed E-state index contributed by atoms with van der Waals surface area (Å²) in [6.45, 7) is 5.43. The minimum absolute atomic E-state index is 0.333. The van der Waals surface area contributed by atoms with Gasteiger partial charge >= 0.3 is 5.97 Å². The van der Waals surface area contributed by atoms with Gasteiger partial charge in [0.15, 0.2) is 0 Å². The van der Waals surface area contributed by atoms with Crippen LogP contribution in [0.5, 0.6) is 0 Å². The zero-order chi connectivity index (χ0) is 11.5. The second-order valence-electron chi connectivity index (χ2n) is 3.40. The van der Waals surface area contributed by atoms with Crippen LogP contribution in [0.1, 0.15) is 12.5 Å². The highest BCUT2D eigenvalue weighted by Crippen LogP contribution is 2.27. The third kappa shape index (κ3) is 2.21. The molecular formula is C12H13ClO2. The van der Waals surface area contributed by atoms with Gasteiger partial charge in [-0.3, -0.25) is 4.79 Å². The molecule has 0 aliphatic heterocycles. The van der Waals surface area contributed by atoms with Crippen LogP contribution < -0.4 is 0 Å². The van der Waals surface area contributed by atoms with E-state index in [0.29, 0.717) is 5.02 Å². The zero-order valence-corrected chi connectivity index (χ0v) is 9.54. The molecule has 0 aromatic heterocycles. The van der Waals surface area contributed by atoms with E-state index in [1.165, 1.54) is 7.11 Å². The van der Waals surface area contributed by atoms with Crippen molar-refractivity contribution in [2.75, 3.05) is 7.11 Å². The summed E-state index contributed by atoms with van der Waals surface area (Å²) < 4.78 is 4.75. The van der Waals surface area contributed by atoms with E-state index < -0.39 is 5.41 Å². The molecule has 0 spiro atoms. The van der Waals surface area contributed by atoms with Crippen molar-refractivity contribution >= 4 is 17.6 Å². The minimum Gasteiger partial charge on any atom is -0.468 e. The monoisotopic (exact) mass is 224 g/mol. The van der Waals surface area contributed by atoms with Crippen molar-refractivity contribution in [2.24, 2.45) is 0 Å². The Kier molecular flexibility index (Phi) is 3.53. The van der Waals surface area contributed by atoms with Gasteiger partial charge in [-0.15, -0.1) is 6.58 Å². The standard InChI is InChI=1S/C12H13ClO2/c1-4-12(2,11(14)15-3)9-5-7-10(13)8-6-9/h4-8H,1H2,2-3H3/t12-/m0/s1. The van der Waals surface area contributed by atoms with Crippen molar-refractivity contribution in [3.05, 3.63) is 47.5 Å². The second kappa shape index (κ2) is 4.49. The molecule has 15 heavy (non-hydrogen) atoms. The quantitative estimate of drug-likeness (QED) is 0.583. The molecule has 2 nitrogen and oxygen atoms in total. The summed E-state index contributed by atoms with van der Waals surface area (Å²) in [6.07, 6.45) is 1.57. The number of rotatable bonds is 3. The molecule has 0 saturated heterocycles. The lowest BCUT2D eigenvalue weighted by Crippen LogP contribution is -2.31. The molecule has 0 fully saturated rings. The van der Waals surface area contributed by atoms with Crippen molar-refractivity contribution in [1.82, 2.24) is 0 Å². The van der Waals surface area contributed by atoms with Gasteiger partial charge in [0.25, 0.3) is 0 Å². The van der Waals surface area contributed by atoms with E-state index in [-0.39, 0.29) is 5.97 Å². The fourth-order valence-corrected chi connectivity index (χ4v) is 1.45. The Morgan fingerprint density at radius 3 is 2.40 bits per heavy atom. The number of hydrogen-bond acceptors (Lipinski definition) is 2. The van der Waals surface area contributed by atoms with Crippen molar-refractivity contribution in [3.63, 3.8) is 0 Å². The molecular weight excluding hydrogens is 212 g/mol. The smallest absolute Gasteiger partial charge is 0.319 e. The Bertz CT molecular complexity index is 370. The van der Waals surface area contributed by atoms with Gasteiger partial charge in [-0.05, 0) is 24.6 Å². The number of esters is 1. The Labute approximate surface area is 94.5 Å². The average Bonchev–Trinajstić information content (AvgIpc) is 2.27. The lowest BCUT2D eigenvalue weighted by molar-refractivity contribution is -0.145. The van der Waals surface area contributed by atoms with Crippen LogP contribution in [0.4, 0.5) is 0 Å². The van der Waals surface area contributed by atoms with Gasteiger partial charge in [0.05, 0.1) is 7.11 Å². The molecule has 0 aliphatic rings. The molecule has 80 valence electrons. The van der Waals surface area contributed by atoms with E-state index in [4.69, 9.17) is 16.3 Å². The van der Waals surface area contributed by atoms with E-state index >= 15 is 0 Å². The molecule has 0 aliphatic carbocycles. The fraction of sp³-hybridized carbons (Fsp3) is 0.250. The number of benzene rings is 1. The summed E-state index contributed by atoms with van der Waals surface area (Å²) in [4.78, 5) is 11.6. The van der Waals surface area contributed by atoms with E-state index in [1.807, 2.05) is 0 Å². The van der Waals surface area contributed by atoms with Gasteiger partial charge in [-0.2, -0.15) is 0 Å². The van der Waals surface area contributed by atoms with Crippen LogP contribution in [0.25, 0.3) is 0 Å². The van der Waals surface area contributed by atoms with Crippen molar-refractivity contribution in [3.8, 4) is 0 Å². The van der Waals surface area contributed by atoms with E-state index in [9.17, 15) is 4.79 Å². The van der Waals surface area contributed by atoms with Crippen LogP contribution in [-0.4, -0.2) is 13.1 Å². The summed E-state index contributed by atoms with van der Waals surface area (Å²) >= 11 is 5.78. The van der Waals surface area contributed by atoms with Crippen LogP contribution in [0, 0.1) is 0 Å². The fourth-order valence-electron chi connectivity index (χ4n) is 1.33. The van der Waals surface area contributed by atoms with Crippen molar-refractivity contribution in [1.29, 1.82) is 0 Å². The number of carbonyl (C=O) groups excluding carboxylic acids is 1. The first-order chi connectivity index (χ1) is 7.04. The lowest BCUT2D eigenvalue weighted by atomic mass is 9.83. The first-order valence-electron chi connectivity index (χ1n) is 4.52. The average molecular weight is 225 g/mol. The molecule has 1 atom stereocenters. The number of carbonyl (C=O) groups is 1. The van der Waals surface area contributed by atoms with Crippen LogP contribution in [0.2, 0.25) is 5.02 Å². The Balaban J connectivity index is 3.17. The van der Waals surface area contributed by atoms with Gasteiger partial charge in [0.1, 0.15) is 5.41 Å². The van der Waals surface area contributed by atoms with Crippen molar-refractivity contribution in [2.45, 2.75) is 12.3 Å². The summed E-state index contributed by atoms with van der Waals surface area (Å²) in [5.41, 5.74) is -0.00644. The highest BCUT2D eigenvalue weighted by atomic mass is 35.5. The number of halogens is 1. The molecule has 0 N–H and O–H groups in total. The summed E-state index contributed by atoms with van der Waals surface area (Å²) in [5.74, 6) is -0.333. The normalized spacial score (nSPS) is 14.1. The van der Waals surface area contributed by atoms with Gasteiger partial charge in [0.2, 0.25) is 0 Å². The van der Waals surface area contributed by atoms with E-state index in [1.54, 1.807) is 37.3 Å². The third-order valence-electron chi connectivity index (χ3n) is 2.46. The van der Waals surface area contributed by atoms with Gasteiger partial charge in [-0.1, -0.05) is 29.8 Å². The number of methoxy groups -OCH3 is 1. The molecule has 1 rings (SSSR count). The van der Waals surface area contributed by atoms with Crippen molar-refractivity contribution < 1.29 is 9.53 Å². The molecule has 0 bridgehead atoms. The van der Waals surface area contributed by atoms with Gasteiger partial charge in [0, 0.05) is 5.02 Å². The largest absolute Gasteiger partial charge is 0.468 e. The zero-order valence-electron chi connectivity index (χ0n) is 8.79. The molecule has 3 heteroatoms. The van der Waals surface area contributed by atoms with Crippen LogP contribution in [0.15, 0.2) is 36.9 Å². The first kappa shape index (κ1) is 11.8. The maximum Gasteiger partial charge on any atom is 0.319 e. The maximum absolute atomic E-state index is 11.6. The molecule has 0 unspecified atom stereocenters. The number of ether oxygens (including phenoxy) is 1. The molecule has 1 aromatic rings. The van der Waals surface area contributed by atoms with Gasteiger partial charge < -0.3 is 4.74 Å².